The number of hydrogen-bond acceptors (Lipinski definition) is 3. The van der Waals surface area contributed by atoms with Crippen LogP contribution in [0.1, 0.15) is 23.6 Å². The summed E-state index contributed by atoms with van der Waals surface area (Å²) >= 11 is 0. The fourth-order valence-electron chi connectivity index (χ4n) is 2.42. The minimum Gasteiger partial charge on any atom is -0.481 e. The van der Waals surface area contributed by atoms with Gasteiger partial charge in [0, 0.05) is 41.6 Å². The molecule has 0 aliphatic rings. The molecule has 1 unspecified atom stereocenters. The number of aromatic nitrogens is 3. The first-order chi connectivity index (χ1) is 9.75. The summed E-state index contributed by atoms with van der Waals surface area (Å²) in [6.07, 6.45) is 6.62. The van der Waals surface area contributed by atoms with Crippen LogP contribution >= 0.6 is 0 Å². The number of aromatic amines is 1. The van der Waals surface area contributed by atoms with Crippen LogP contribution in [-0.4, -0.2) is 26.0 Å². The van der Waals surface area contributed by atoms with Gasteiger partial charge in [-0.15, -0.1) is 0 Å². The minimum atomic E-state index is -0.856. The number of nitrogens with one attached hydrogen (secondary N) is 1. The van der Waals surface area contributed by atoms with Crippen LogP contribution in [0.2, 0.25) is 0 Å². The number of carboxylic acids is 1. The highest BCUT2D eigenvalue weighted by Crippen LogP contribution is 2.31. The van der Waals surface area contributed by atoms with E-state index in [1.807, 2.05) is 30.5 Å². The summed E-state index contributed by atoms with van der Waals surface area (Å²) < 4.78 is 0. The Morgan fingerprint density at radius 2 is 2.15 bits per heavy atom. The van der Waals surface area contributed by atoms with Crippen LogP contribution in [0.4, 0.5) is 0 Å². The van der Waals surface area contributed by atoms with E-state index in [0.717, 1.165) is 16.5 Å². The summed E-state index contributed by atoms with van der Waals surface area (Å²) in [5.74, 6) is -1.16. The third kappa shape index (κ3) is 2.25. The van der Waals surface area contributed by atoms with Crippen LogP contribution < -0.4 is 0 Å². The standard InChI is InChI=1S/C15H13N3O2/c19-15(20)7-11(14-9-16-5-6-17-14)12-8-18-13-4-2-1-3-10(12)13/h1-6,8-9,11,18H,7H2,(H,19,20). The maximum Gasteiger partial charge on any atom is 0.304 e. The molecule has 0 saturated heterocycles. The maximum absolute atomic E-state index is 11.2. The highest BCUT2D eigenvalue weighted by molar-refractivity contribution is 5.85. The Balaban J connectivity index is 2.12. The zero-order valence-electron chi connectivity index (χ0n) is 10.7. The van der Waals surface area contributed by atoms with Gasteiger partial charge in [-0.3, -0.25) is 14.8 Å². The van der Waals surface area contributed by atoms with Gasteiger partial charge in [0.1, 0.15) is 0 Å². The number of aliphatic carboxylic acids is 1. The molecule has 5 heteroatoms. The Morgan fingerprint density at radius 3 is 2.90 bits per heavy atom. The molecule has 0 aliphatic carbocycles. The summed E-state index contributed by atoms with van der Waals surface area (Å²) in [5.41, 5.74) is 2.59. The first kappa shape index (κ1) is 12.3. The van der Waals surface area contributed by atoms with Gasteiger partial charge >= 0.3 is 5.97 Å². The van der Waals surface area contributed by atoms with E-state index >= 15 is 0 Å². The highest BCUT2D eigenvalue weighted by atomic mass is 16.4. The van der Waals surface area contributed by atoms with Gasteiger partial charge in [-0.2, -0.15) is 0 Å². The van der Waals surface area contributed by atoms with Gasteiger partial charge in [-0.1, -0.05) is 18.2 Å². The number of H-pyrrole nitrogens is 1. The van der Waals surface area contributed by atoms with Crippen LogP contribution in [0, 0.1) is 0 Å². The highest BCUT2D eigenvalue weighted by Gasteiger charge is 2.22. The van der Waals surface area contributed by atoms with E-state index in [0.29, 0.717) is 5.69 Å². The first-order valence-corrected chi connectivity index (χ1v) is 6.29. The number of carboxylic acid groups (broad SMARTS) is 1. The van der Waals surface area contributed by atoms with Crippen molar-refractivity contribution >= 4 is 16.9 Å². The zero-order valence-corrected chi connectivity index (χ0v) is 10.7. The van der Waals surface area contributed by atoms with Gasteiger partial charge < -0.3 is 10.1 Å². The van der Waals surface area contributed by atoms with E-state index in [9.17, 15) is 4.79 Å². The number of benzene rings is 1. The molecule has 3 aromatic rings. The fourth-order valence-corrected chi connectivity index (χ4v) is 2.42. The van der Waals surface area contributed by atoms with E-state index in [2.05, 4.69) is 15.0 Å². The molecular formula is C15H13N3O2. The van der Waals surface area contributed by atoms with E-state index in [-0.39, 0.29) is 12.3 Å². The van der Waals surface area contributed by atoms with Crippen molar-refractivity contribution < 1.29 is 9.90 Å². The molecule has 0 amide bonds. The molecule has 1 aromatic carbocycles. The first-order valence-electron chi connectivity index (χ1n) is 6.29. The number of rotatable bonds is 4. The van der Waals surface area contributed by atoms with Crippen molar-refractivity contribution in [3.8, 4) is 0 Å². The monoisotopic (exact) mass is 267 g/mol. The largest absolute Gasteiger partial charge is 0.481 e. The fraction of sp³-hybridized carbons (Fsp3) is 0.133. The molecule has 5 nitrogen and oxygen atoms in total. The molecule has 0 bridgehead atoms. The van der Waals surface area contributed by atoms with Crippen LogP contribution in [-0.2, 0) is 4.79 Å². The Hall–Kier alpha value is -2.69. The summed E-state index contributed by atoms with van der Waals surface area (Å²) in [5, 5.41) is 10.2. The SMILES string of the molecule is O=C(O)CC(c1cnccn1)c1c[nH]c2ccccc12. The molecule has 0 radical (unpaired) electrons. The lowest BCUT2D eigenvalue weighted by Crippen LogP contribution is -2.09. The van der Waals surface area contributed by atoms with Gasteiger partial charge in [-0.05, 0) is 11.6 Å². The molecule has 0 saturated carbocycles. The smallest absolute Gasteiger partial charge is 0.304 e. The Bertz CT molecular complexity index is 737. The lowest BCUT2D eigenvalue weighted by molar-refractivity contribution is -0.137. The molecule has 0 fully saturated rings. The molecule has 100 valence electrons. The molecule has 0 spiro atoms. The van der Waals surface area contributed by atoms with Crippen molar-refractivity contribution in [2.45, 2.75) is 12.3 Å². The third-order valence-corrected chi connectivity index (χ3v) is 3.32. The number of hydrogen-bond donors (Lipinski definition) is 2. The van der Waals surface area contributed by atoms with E-state index in [4.69, 9.17) is 5.11 Å². The predicted molar refractivity (Wildman–Crippen MR) is 74.4 cm³/mol. The van der Waals surface area contributed by atoms with E-state index < -0.39 is 5.97 Å². The second-order valence-corrected chi connectivity index (χ2v) is 4.57. The average molecular weight is 267 g/mol. The predicted octanol–water partition coefficient (Wildman–Crippen LogP) is 2.56. The molecule has 0 aliphatic heterocycles. The second kappa shape index (κ2) is 5.13. The normalized spacial score (nSPS) is 12.4. The number of nitrogens with zero attached hydrogens (tertiary/aromatic N) is 2. The van der Waals surface area contributed by atoms with Gasteiger partial charge in [0.2, 0.25) is 0 Å². The van der Waals surface area contributed by atoms with Crippen LogP contribution in [0.3, 0.4) is 0 Å². The summed E-state index contributed by atoms with van der Waals surface area (Å²) in [6, 6.07) is 7.82. The lowest BCUT2D eigenvalue weighted by Gasteiger charge is -2.13. The third-order valence-electron chi connectivity index (χ3n) is 3.32. The van der Waals surface area contributed by atoms with Crippen LogP contribution in [0.25, 0.3) is 10.9 Å². The van der Waals surface area contributed by atoms with Crippen LogP contribution in [0.5, 0.6) is 0 Å². The molecule has 1 atom stereocenters. The van der Waals surface area contributed by atoms with Crippen molar-refractivity contribution in [2.75, 3.05) is 0 Å². The van der Waals surface area contributed by atoms with Gasteiger partial charge in [-0.25, -0.2) is 0 Å². The van der Waals surface area contributed by atoms with Crippen molar-refractivity contribution in [3.63, 3.8) is 0 Å². The van der Waals surface area contributed by atoms with Gasteiger partial charge in [0.15, 0.2) is 0 Å². The second-order valence-electron chi connectivity index (χ2n) is 4.57. The Labute approximate surface area is 115 Å². The Kier molecular flexibility index (Phi) is 3.16. The van der Waals surface area contributed by atoms with Crippen molar-refractivity contribution in [2.24, 2.45) is 0 Å². The summed E-state index contributed by atoms with van der Waals surface area (Å²) in [6.45, 7) is 0. The maximum atomic E-state index is 11.2. The van der Waals surface area contributed by atoms with Crippen molar-refractivity contribution in [1.29, 1.82) is 0 Å². The number of fused-ring (bicyclic) bond motifs is 1. The molecule has 2 heterocycles. The quantitative estimate of drug-likeness (QED) is 0.761. The number of para-hydroxylation sites is 1. The minimum absolute atomic E-state index is 0.0134. The molecule has 20 heavy (non-hydrogen) atoms. The zero-order chi connectivity index (χ0) is 13.9. The molecule has 3 rings (SSSR count). The van der Waals surface area contributed by atoms with Crippen LogP contribution in [0.15, 0.2) is 49.1 Å². The van der Waals surface area contributed by atoms with Crippen molar-refractivity contribution in [1.82, 2.24) is 15.0 Å². The molecule has 2 aromatic heterocycles. The van der Waals surface area contributed by atoms with Crippen molar-refractivity contribution in [3.05, 3.63) is 60.3 Å². The van der Waals surface area contributed by atoms with Gasteiger partial charge in [0.05, 0.1) is 12.1 Å². The molecular weight excluding hydrogens is 254 g/mol. The lowest BCUT2D eigenvalue weighted by atomic mass is 9.92. The summed E-state index contributed by atoms with van der Waals surface area (Å²) in [4.78, 5) is 22.6. The molecule has 2 N–H and O–H groups in total. The number of carbonyl (C=O) groups is 1. The summed E-state index contributed by atoms with van der Waals surface area (Å²) in [7, 11) is 0. The topological polar surface area (TPSA) is 78.9 Å². The average Bonchev–Trinajstić information content (AvgIpc) is 2.89. The van der Waals surface area contributed by atoms with E-state index in [1.165, 1.54) is 0 Å². The Morgan fingerprint density at radius 1 is 1.30 bits per heavy atom. The van der Waals surface area contributed by atoms with E-state index in [1.54, 1.807) is 18.6 Å². The van der Waals surface area contributed by atoms with Gasteiger partial charge in [0.25, 0.3) is 0 Å².